The number of pyridine rings is 1. The highest BCUT2D eigenvalue weighted by Gasteiger charge is 2.29. The fraction of sp³-hybridized carbons (Fsp3) is 0.346. The third kappa shape index (κ3) is 4.24. The molecule has 5 heterocycles. The largest absolute Gasteiger partial charge is 0.495 e. The van der Waals surface area contributed by atoms with Crippen molar-refractivity contribution in [3.05, 3.63) is 49.1 Å². The predicted octanol–water partition coefficient (Wildman–Crippen LogP) is 3.70. The Labute approximate surface area is 208 Å². The molecule has 0 saturated carbocycles. The van der Waals surface area contributed by atoms with Gasteiger partial charge >= 0.3 is 0 Å². The minimum atomic E-state index is -0.704. The number of aromatic nitrogens is 4. The molecule has 36 heavy (non-hydrogen) atoms. The molecule has 3 N–H and O–H groups in total. The van der Waals surface area contributed by atoms with E-state index in [0.717, 1.165) is 60.0 Å². The first kappa shape index (κ1) is 22.4. The van der Waals surface area contributed by atoms with Crippen molar-refractivity contribution in [1.29, 1.82) is 0 Å². The number of imidazole rings is 1. The van der Waals surface area contributed by atoms with Crippen LogP contribution in [-0.4, -0.2) is 63.4 Å². The summed E-state index contributed by atoms with van der Waals surface area (Å²) in [7, 11) is 1.66. The van der Waals surface area contributed by atoms with E-state index in [1.54, 1.807) is 19.5 Å². The number of rotatable bonds is 5. The standard InChI is InChI=1S/C26H29N7O3/c1-26(34)6-3-9-33(16-26)21-5-4-18(13-22(21)35-2)30-23-24-28-7-10-32(24)15-20(31-23)17-12-19-25(29-14-17)36-11-8-27-19/h4-5,7,10,12-15,27,34H,3,6,8-9,11,16H2,1-2H3,(H,30,31)/t26-/m1/s1. The van der Waals surface area contributed by atoms with Gasteiger partial charge in [0.25, 0.3) is 0 Å². The van der Waals surface area contributed by atoms with Gasteiger partial charge in [0.2, 0.25) is 5.88 Å². The number of hydrogen-bond acceptors (Lipinski definition) is 9. The Kier molecular flexibility index (Phi) is 5.52. The number of nitrogens with one attached hydrogen (secondary N) is 2. The van der Waals surface area contributed by atoms with Gasteiger partial charge in [-0.1, -0.05) is 0 Å². The molecule has 1 aromatic carbocycles. The second-order valence-corrected chi connectivity index (χ2v) is 9.52. The van der Waals surface area contributed by atoms with Gasteiger partial charge in [-0.05, 0) is 38.0 Å². The van der Waals surface area contributed by atoms with E-state index in [2.05, 4.69) is 25.5 Å². The predicted molar refractivity (Wildman–Crippen MR) is 139 cm³/mol. The first-order chi connectivity index (χ1) is 17.5. The smallest absolute Gasteiger partial charge is 0.237 e. The van der Waals surface area contributed by atoms with Crippen molar-refractivity contribution < 1.29 is 14.6 Å². The van der Waals surface area contributed by atoms with E-state index in [0.29, 0.717) is 30.5 Å². The summed E-state index contributed by atoms with van der Waals surface area (Å²) in [4.78, 5) is 16.0. The van der Waals surface area contributed by atoms with Crippen molar-refractivity contribution in [2.75, 3.05) is 48.9 Å². The SMILES string of the molecule is COc1cc(Nc2nc(-c3cnc4c(c3)NCCO4)cn3ccnc23)ccc1N1CCC[C@@](C)(O)C1. The van der Waals surface area contributed by atoms with E-state index in [-0.39, 0.29) is 0 Å². The molecule has 4 aromatic rings. The van der Waals surface area contributed by atoms with E-state index >= 15 is 0 Å². The Bertz CT molecular complexity index is 1420. The number of aliphatic hydroxyl groups is 1. The normalized spacial score (nSPS) is 19.4. The molecule has 1 fully saturated rings. The number of anilines is 4. The van der Waals surface area contributed by atoms with Crippen molar-refractivity contribution in [1.82, 2.24) is 19.4 Å². The molecule has 0 radical (unpaired) electrons. The first-order valence-electron chi connectivity index (χ1n) is 12.1. The molecule has 0 amide bonds. The number of hydrogen-bond donors (Lipinski definition) is 3. The van der Waals surface area contributed by atoms with Crippen LogP contribution in [0.2, 0.25) is 0 Å². The molecule has 1 atom stereocenters. The molecule has 6 rings (SSSR count). The van der Waals surface area contributed by atoms with Crippen molar-refractivity contribution in [3.8, 4) is 22.9 Å². The number of β-amino-alcohol motifs (C(OH)–C–C–N with tert-alkyl or cyclic N) is 1. The highest BCUT2D eigenvalue weighted by atomic mass is 16.5. The molecule has 1 saturated heterocycles. The van der Waals surface area contributed by atoms with Gasteiger partial charge in [0.15, 0.2) is 11.5 Å². The van der Waals surface area contributed by atoms with Crippen LogP contribution in [0.3, 0.4) is 0 Å². The molecule has 2 aliphatic heterocycles. The molecule has 2 aliphatic rings. The first-order valence-corrected chi connectivity index (χ1v) is 12.1. The topological polar surface area (TPSA) is 109 Å². The Hall–Kier alpha value is -4.05. The van der Waals surface area contributed by atoms with E-state index in [1.807, 2.05) is 48.0 Å². The molecular weight excluding hydrogens is 458 g/mol. The highest BCUT2D eigenvalue weighted by molar-refractivity contribution is 5.77. The third-order valence-corrected chi connectivity index (χ3v) is 6.64. The second kappa shape index (κ2) is 8.87. The van der Waals surface area contributed by atoms with Gasteiger partial charge in [0, 0.05) is 61.7 Å². The summed E-state index contributed by atoms with van der Waals surface area (Å²) < 4.78 is 13.3. The average molecular weight is 488 g/mol. The summed E-state index contributed by atoms with van der Waals surface area (Å²) in [6.45, 7) is 4.68. The monoisotopic (exact) mass is 487 g/mol. The summed E-state index contributed by atoms with van der Waals surface area (Å²) in [6, 6.07) is 7.97. The molecule has 0 bridgehead atoms. The maximum Gasteiger partial charge on any atom is 0.237 e. The lowest BCUT2D eigenvalue weighted by Crippen LogP contribution is -2.46. The Balaban J connectivity index is 1.33. The van der Waals surface area contributed by atoms with Crippen LogP contribution in [0, 0.1) is 0 Å². The molecule has 10 nitrogen and oxygen atoms in total. The van der Waals surface area contributed by atoms with Gasteiger partial charge in [-0.3, -0.25) is 0 Å². The van der Waals surface area contributed by atoms with Crippen LogP contribution in [0.5, 0.6) is 11.6 Å². The number of benzene rings is 1. The minimum Gasteiger partial charge on any atom is -0.495 e. The van der Waals surface area contributed by atoms with Crippen LogP contribution in [0.15, 0.2) is 49.1 Å². The molecule has 0 spiro atoms. The van der Waals surface area contributed by atoms with Crippen LogP contribution in [0.25, 0.3) is 16.9 Å². The molecule has 0 unspecified atom stereocenters. The van der Waals surface area contributed by atoms with Crippen LogP contribution >= 0.6 is 0 Å². The Morgan fingerprint density at radius 1 is 1.25 bits per heavy atom. The van der Waals surface area contributed by atoms with Gasteiger partial charge in [-0.25, -0.2) is 15.0 Å². The zero-order valence-electron chi connectivity index (χ0n) is 20.4. The molecule has 10 heteroatoms. The number of nitrogens with zero attached hydrogens (tertiary/aromatic N) is 5. The lowest BCUT2D eigenvalue weighted by atomic mass is 9.94. The lowest BCUT2D eigenvalue weighted by Gasteiger charge is -2.38. The summed E-state index contributed by atoms with van der Waals surface area (Å²) in [5, 5.41) is 17.3. The summed E-state index contributed by atoms with van der Waals surface area (Å²) in [5.74, 6) is 1.96. The molecular formula is C26H29N7O3. The summed E-state index contributed by atoms with van der Waals surface area (Å²) in [6.07, 6.45) is 9.09. The van der Waals surface area contributed by atoms with E-state index in [4.69, 9.17) is 14.5 Å². The maximum absolute atomic E-state index is 10.6. The molecule has 3 aromatic heterocycles. The lowest BCUT2D eigenvalue weighted by molar-refractivity contribution is 0.0448. The zero-order valence-corrected chi connectivity index (χ0v) is 20.4. The van der Waals surface area contributed by atoms with Gasteiger partial charge in [0.05, 0.1) is 29.8 Å². The van der Waals surface area contributed by atoms with Gasteiger partial charge < -0.3 is 34.5 Å². The van der Waals surface area contributed by atoms with E-state index in [1.165, 1.54) is 0 Å². The molecule has 186 valence electrons. The number of ether oxygens (including phenoxy) is 2. The quantitative estimate of drug-likeness (QED) is 0.388. The highest BCUT2D eigenvalue weighted by Crippen LogP contribution is 2.36. The average Bonchev–Trinajstić information content (AvgIpc) is 3.37. The third-order valence-electron chi connectivity index (χ3n) is 6.64. The Morgan fingerprint density at radius 2 is 2.17 bits per heavy atom. The van der Waals surface area contributed by atoms with Gasteiger partial charge in [-0.2, -0.15) is 0 Å². The van der Waals surface area contributed by atoms with E-state index in [9.17, 15) is 5.11 Å². The van der Waals surface area contributed by atoms with Crippen molar-refractivity contribution in [3.63, 3.8) is 0 Å². The molecule has 0 aliphatic carbocycles. The van der Waals surface area contributed by atoms with Crippen molar-refractivity contribution in [2.45, 2.75) is 25.4 Å². The van der Waals surface area contributed by atoms with E-state index < -0.39 is 5.60 Å². The number of piperidine rings is 1. The van der Waals surface area contributed by atoms with Crippen LogP contribution in [-0.2, 0) is 0 Å². The second-order valence-electron chi connectivity index (χ2n) is 9.52. The minimum absolute atomic E-state index is 0.573. The van der Waals surface area contributed by atoms with Crippen LogP contribution in [0.4, 0.5) is 22.9 Å². The number of fused-ring (bicyclic) bond motifs is 2. The number of methoxy groups -OCH3 is 1. The van der Waals surface area contributed by atoms with Gasteiger partial charge in [0.1, 0.15) is 12.4 Å². The van der Waals surface area contributed by atoms with Crippen molar-refractivity contribution in [2.24, 2.45) is 0 Å². The van der Waals surface area contributed by atoms with Crippen LogP contribution < -0.4 is 25.0 Å². The summed E-state index contributed by atoms with van der Waals surface area (Å²) in [5.41, 5.74) is 4.28. The zero-order chi connectivity index (χ0) is 24.7. The fourth-order valence-corrected chi connectivity index (χ4v) is 4.90. The Morgan fingerprint density at radius 3 is 3.03 bits per heavy atom. The summed E-state index contributed by atoms with van der Waals surface area (Å²) >= 11 is 0. The van der Waals surface area contributed by atoms with Crippen LogP contribution in [0.1, 0.15) is 19.8 Å². The van der Waals surface area contributed by atoms with Crippen molar-refractivity contribution >= 4 is 28.5 Å². The fourth-order valence-electron chi connectivity index (χ4n) is 4.90. The maximum atomic E-state index is 10.6. The van der Waals surface area contributed by atoms with Gasteiger partial charge in [-0.15, -0.1) is 0 Å².